The normalized spacial score (nSPS) is 22.2. The second-order valence-corrected chi connectivity index (χ2v) is 7.14. The first kappa shape index (κ1) is 15.7. The van der Waals surface area contributed by atoms with Crippen molar-refractivity contribution < 1.29 is 9.90 Å². The molecule has 0 unspecified atom stereocenters. The van der Waals surface area contributed by atoms with Crippen LogP contribution in [0.5, 0.6) is 0 Å². The first-order valence-corrected chi connectivity index (χ1v) is 8.96. The van der Waals surface area contributed by atoms with Crippen molar-refractivity contribution in [2.45, 2.75) is 25.3 Å². The lowest BCUT2D eigenvalue weighted by atomic mass is 10.1. The summed E-state index contributed by atoms with van der Waals surface area (Å²) in [5.41, 5.74) is 1.81. The van der Waals surface area contributed by atoms with Gasteiger partial charge in [0.2, 0.25) is 0 Å². The van der Waals surface area contributed by atoms with E-state index in [-0.39, 0.29) is 18.6 Å². The van der Waals surface area contributed by atoms with Crippen LogP contribution in [-0.2, 0) is 0 Å². The summed E-state index contributed by atoms with van der Waals surface area (Å²) in [4.78, 5) is 20.5. The molecule has 2 heterocycles. The summed E-state index contributed by atoms with van der Waals surface area (Å²) in [6.45, 7) is 3.72. The minimum absolute atomic E-state index is 0.104. The zero-order valence-corrected chi connectivity index (χ0v) is 13.9. The highest BCUT2D eigenvalue weighted by molar-refractivity contribution is 5.98. The number of amides is 1. The molecule has 0 bridgehead atoms. The van der Waals surface area contributed by atoms with E-state index in [0.717, 1.165) is 55.0 Å². The van der Waals surface area contributed by atoms with Crippen molar-refractivity contribution >= 4 is 16.8 Å². The number of fused-ring (bicyclic) bond motifs is 1. The molecule has 2 N–H and O–H groups in total. The minimum atomic E-state index is 0.104. The van der Waals surface area contributed by atoms with Gasteiger partial charge in [0.15, 0.2) is 0 Å². The molecule has 1 atom stereocenters. The van der Waals surface area contributed by atoms with Gasteiger partial charge in [0.1, 0.15) is 0 Å². The third kappa shape index (κ3) is 3.19. The van der Waals surface area contributed by atoms with Gasteiger partial charge in [-0.15, -0.1) is 0 Å². The Kier molecular flexibility index (Phi) is 4.29. The summed E-state index contributed by atoms with van der Waals surface area (Å²) in [5.74, 6) is 0.941. The molecule has 5 nitrogen and oxygen atoms in total. The fraction of sp³-hybridized carbons (Fsp3) is 0.526. The molecule has 1 amide bonds. The van der Waals surface area contributed by atoms with Crippen LogP contribution in [0.2, 0.25) is 0 Å². The number of nitrogens with one attached hydrogen (secondary N) is 1. The van der Waals surface area contributed by atoms with Crippen molar-refractivity contribution in [3.63, 3.8) is 0 Å². The maximum Gasteiger partial charge on any atom is 0.253 e. The Hall–Kier alpha value is -1.85. The molecule has 1 aromatic carbocycles. The smallest absolute Gasteiger partial charge is 0.253 e. The number of hydrogen-bond donors (Lipinski definition) is 2. The van der Waals surface area contributed by atoms with Crippen LogP contribution in [0.3, 0.4) is 0 Å². The summed E-state index contributed by atoms with van der Waals surface area (Å²) >= 11 is 0. The van der Waals surface area contributed by atoms with E-state index in [1.54, 1.807) is 0 Å². The predicted octanol–water partition coefficient (Wildman–Crippen LogP) is 2.09. The van der Waals surface area contributed by atoms with E-state index < -0.39 is 0 Å². The first-order chi connectivity index (χ1) is 11.7. The molecule has 24 heavy (non-hydrogen) atoms. The van der Waals surface area contributed by atoms with E-state index in [9.17, 15) is 9.90 Å². The van der Waals surface area contributed by atoms with Gasteiger partial charge in [0.05, 0.1) is 0 Å². The zero-order chi connectivity index (χ0) is 16.5. The van der Waals surface area contributed by atoms with Crippen LogP contribution in [-0.4, -0.2) is 64.6 Å². The van der Waals surface area contributed by atoms with Crippen LogP contribution in [0, 0.1) is 5.92 Å². The first-order valence-electron chi connectivity index (χ1n) is 8.96. The number of aromatic nitrogens is 1. The van der Waals surface area contributed by atoms with Gasteiger partial charge >= 0.3 is 0 Å². The number of carbonyl (C=O) groups excluding carboxylic acids is 1. The van der Waals surface area contributed by atoms with Gasteiger partial charge in [-0.2, -0.15) is 0 Å². The highest BCUT2D eigenvalue weighted by Gasteiger charge is 2.33. The topological polar surface area (TPSA) is 59.6 Å². The third-order valence-electron chi connectivity index (χ3n) is 5.34. The SMILES string of the molecule is O=C(c1ccc2[nH]ccc2c1)N1CCN(CC2CC2)[C@@H](CCO)C1. The Balaban J connectivity index is 1.47. The number of H-pyrrole nitrogens is 1. The van der Waals surface area contributed by atoms with Crippen LogP contribution in [0.15, 0.2) is 30.5 Å². The maximum atomic E-state index is 12.9. The predicted molar refractivity (Wildman–Crippen MR) is 94.0 cm³/mol. The third-order valence-corrected chi connectivity index (χ3v) is 5.34. The zero-order valence-electron chi connectivity index (χ0n) is 13.9. The quantitative estimate of drug-likeness (QED) is 0.884. The number of rotatable bonds is 5. The van der Waals surface area contributed by atoms with Crippen LogP contribution >= 0.6 is 0 Å². The van der Waals surface area contributed by atoms with E-state index >= 15 is 0 Å². The van der Waals surface area contributed by atoms with Crippen LogP contribution in [0.4, 0.5) is 0 Å². The molecule has 1 saturated carbocycles. The molecule has 1 aliphatic carbocycles. The van der Waals surface area contributed by atoms with E-state index in [1.807, 2.05) is 35.4 Å². The summed E-state index contributed by atoms with van der Waals surface area (Å²) in [5, 5.41) is 10.5. The van der Waals surface area contributed by atoms with E-state index in [0.29, 0.717) is 0 Å². The Morgan fingerprint density at radius 2 is 2.12 bits per heavy atom. The van der Waals surface area contributed by atoms with E-state index in [1.165, 1.54) is 12.8 Å². The van der Waals surface area contributed by atoms with Crippen molar-refractivity contribution in [1.82, 2.24) is 14.8 Å². The lowest BCUT2D eigenvalue weighted by Crippen LogP contribution is -2.55. The summed E-state index contributed by atoms with van der Waals surface area (Å²) < 4.78 is 0. The average molecular weight is 327 g/mol. The summed E-state index contributed by atoms with van der Waals surface area (Å²) in [6, 6.07) is 8.11. The molecule has 128 valence electrons. The van der Waals surface area contributed by atoms with Gasteiger partial charge in [-0.25, -0.2) is 0 Å². The van der Waals surface area contributed by atoms with Gasteiger partial charge in [-0.05, 0) is 49.4 Å². The van der Waals surface area contributed by atoms with Crippen molar-refractivity contribution in [2.75, 3.05) is 32.8 Å². The second kappa shape index (κ2) is 6.57. The summed E-state index contributed by atoms with van der Waals surface area (Å²) in [6.07, 6.45) is 5.31. The molecule has 2 fully saturated rings. The number of aromatic amines is 1. The number of carbonyl (C=O) groups is 1. The Morgan fingerprint density at radius 1 is 1.25 bits per heavy atom. The van der Waals surface area contributed by atoms with Crippen molar-refractivity contribution in [1.29, 1.82) is 0 Å². The molecule has 2 aliphatic rings. The van der Waals surface area contributed by atoms with E-state index in [2.05, 4.69) is 9.88 Å². The molecule has 5 heteroatoms. The maximum absolute atomic E-state index is 12.9. The van der Waals surface area contributed by atoms with Gasteiger partial charge in [-0.3, -0.25) is 9.69 Å². The molecule has 0 spiro atoms. The average Bonchev–Trinajstić information content (AvgIpc) is 3.29. The number of aliphatic hydroxyl groups excluding tert-OH is 1. The fourth-order valence-corrected chi connectivity index (χ4v) is 3.74. The number of aliphatic hydroxyl groups is 1. The lowest BCUT2D eigenvalue weighted by molar-refractivity contribution is 0.0407. The van der Waals surface area contributed by atoms with Crippen molar-refractivity contribution in [2.24, 2.45) is 5.92 Å². The van der Waals surface area contributed by atoms with Crippen molar-refractivity contribution in [3.05, 3.63) is 36.0 Å². The number of benzene rings is 1. The van der Waals surface area contributed by atoms with Gasteiger partial charge in [-0.1, -0.05) is 0 Å². The lowest BCUT2D eigenvalue weighted by Gasteiger charge is -2.41. The molecule has 1 aromatic heterocycles. The van der Waals surface area contributed by atoms with Gasteiger partial charge in [0, 0.05) is 61.5 Å². The van der Waals surface area contributed by atoms with Gasteiger partial charge < -0.3 is 15.0 Å². The molecular weight excluding hydrogens is 302 g/mol. The van der Waals surface area contributed by atoms with Crippen LogP contribution < -0.4 is 0 Å². The number of hydrogen-bond acceptors (Lipinski definition) is 3. The standard InChI is InChI=1S/C19H25N3O2/c23-10-6-17-13-22(9-8-21(17)12-14-1-2-14)19(24)16-3-4-18-15(11-16)5-7-20-18/h3-5,7,11,14,17,20,23H,1-2,6,8-10,12-13H2/t17-/m0/s1. The van der Waals surface area contributed by atoms with E-state index in [4.69, 9.17) is 0 Å². The summed E-state index contributed by atoms with van der Waals surface area (Å²) in [7, 11) is 0. The van der Waals surface area contributed by atoms with Gasteiger partial charge in [0.25, 0.3) is 5.91 Å². The van der Waals surface area contributed by atoms with Crippen LogP contribution in [0.25, 0.3) is 10.9 Å². The molecule has 4 rings (SSSR count). The molecule has 2 aromatic rings. The highest BCUT2D eigenvalue weighted by Crippen LogP contribution is 2.31. The highest BCUT2D eigenvalue weighted by atomic mass is 16.3. The molecule has 0 radical (unpaired) electrons. The second-order valence-electron chi connectivity index (χ2n) is 7.14. The Bertz CT molecular complexity index is 722. The molecule has 1 saturated heterocycles. The fourth-order valence-electron chi connectivity index (χ4n) is 3.74. The monoisotopic (exact) mass is 327 g/mol. The molecule has 1 aliphatic heterocycles. The van der Waals surface area contributed by atoms with Crippen LogP contribution in [0.1, 0.15) is 29.6 Å². The largest absolute Gasteiger partial charge is 0.396 e. The number of piperazine rings is 1. The van der Waals surface area contributed by atoms with Crippen molar-refractivity contribution in [3.8, 4) is 0 Å². The Morgan fingerprint density at radius 3 is 2.92 bits per heavy atom. The minimum Gasteiger partial charge on any atom is -0.396 e. The molecular formula is C19H25N3O2. The Labute approximate surface area is 142 Å². The number of nitrogens with zero attached hydrogens (tertiary/aromatic N) is 2.